The fourth-order valence-corrected chi connectivity index (χ4v) is 3.90. The Labute approximate surface area is 222 Å². The molecule has 0 saturated carbocycles. The van der Waals surface area contributed by atoms with Gasteiger partial charge in [-0.2, -0.15) is 0 Å². The predicted molar refractivity (Wildman–Crippen MR) is 123 cm³/mol. The standard InChI is InChI=1S/C8H10O3S.C7H8O3S.C5H10O.B.Na.H2O.H/c1-10-5-6-3-4-7(12-6)8(9)11-2;1-10-7(9)6-3-2-5(4-8)11-6;1-5-3-2-4-6-5;;;;/h3-4H,5H2,1-2H3;2-3,8H,4H2,1H3;5H,2-4H2,1H3;;;1H2;/q;;;;+1;;-1. The predicted octanol–water partition coefficient (Wildman–Crippen LogP) is -0.196. The van der Waals surface area contributed by atoms with E-state index in [1.807, 2.05) is 6.07 Å². The van der Waals surface area contributed by atoms with Crippen LogP contribution < -0.4 is 29.6 Å². The number of methoxy groups -OCH3 is 3. The van der Waals surface area contributed by atoms with Crippen molar-refractivity contribution in [3.05, 3.63) is 43.8 Å². The summed E-state index contributed by atoms with van der Waals surface area (Å²) in [6.45, 7) is 3.62. The van der Waals surface area contributed by atoms with E-state index in [0.717, 1.165) is 16.4 Å². The number of carbonyl (C=O) groups excluding carboxylic acids is 2. The topological polar surface area (TPSA) is 123 Å². The van der Waals surface area contributed by atoms with Gasteiger partial charge in [-0.15, -0.1) is 22.7 Å². The minimum absolute atomic E-state index is 0. The number of carbonyl (C=O) groups is 2. The van der Waals surface area contributed by atoms with Gasteiger partial charge in [-0.3, -0.25) is 0 Å². The molecule has 1 unspecified atom stereocenters. The SMILES string of the molecule is CC1CCCO1.COC(=O)c1ccc(CO)s1.COCc1ccc(C(=O)OC)s1.O.[B].[H-].[Na+]. The Bertz CT molecular complexity index is 754. The molecule has 1 saturated heterocycles. The van der Waals surface area contributed by atoms with Crippen LogP contribution in [0.5, 0.6) is 0 Å². The van der Waals surface area contributed by atoms with Gasteiger partial charge >= 0.3 is 41.5 Å². The van der Waals surface area contributed by atoms with Crippen molar-refractivity contribution in [3.8, 4) is 0 Å². The number of aliphatic hydroxyl groups excluding tert-OH is 1. The van der Waals surface area contributed by atoms with E-state index in [2.05, 4.69) is 16.4 Å². The summed E-state index contributed by atoms with van der Waals surface area (Å²) in [6, 6.07) is 6.95. The van der Waals surface area contributed by atoms with Crippen LogP contribution in [0.15, 0.2) is 24.3 Å². The Morgan fingerprint density at radius 3 is 1.88 bits per heavy atom. The third-order valence-corrected chi connectivity index (χ3v) is 5.79. The van der Waals surface area contributed by atoms with Crippen LogP contribution in [0, 0.1) is 0 Å². The Hall–Kier alpha value is -0.755. The summed E-state index contributed by atoms with van der Waals surface area (Å²) in [6.07, 6.45) is 3.08. The number of thiophene rings is 2. The van der Waals surface area contributed by atoms with Crippen LogP contribution >= 0.6 is 22.7 Å². The molecule has 3 N–H and O–H groups in total. The third-order valence-electron chi connectivity index (χ3n) is 3.70. The molecule has 12 heteroatoms. The van der Waals surface area contributed by atoms with Gasteiger partial charge in [-0.1, -0.05) is 0 Å². The number of hydrogen-bond donors (Lipinski definition) is 1. The Morgan fingerprint density at radius 1 is 1.06 bits per heavy atom. The van der Waals surface area contributed by atoms with Crippen molar-refractivity contribution in [2.45, 2.75) is 39.1 Å². The summed E-state index contributed by atoms with van der Waals surface area (Å²) in [5.74, 6) is -0.642. The van der Waals surface area contributed by atoms with Gasteiger partial charge in [0.1, 0.15) is 9.75 Å². The van der Waals surface area contributed by atoms with Crippen molar-refractivity contribution >= 4 is 43.0 Å². The average molecular weight is 497 g/mol. The molecule has 1 aliphatic heterocycles. The van der Waals surface area contributed by atoms with Crippen LogP contribution in [0.3, 0.4) is 0 Å². The number of rotatable bonds is 5. The number of esters is 2. The Morgan fingerprint density at radius 2 is 1.56 bits per heavy atom. The third kappa shape index (κ3) is 13.7. The van der Waals surface area contributed by atoms with Crippen LogP contribution in [0.2, 0.25) is 0 Å². The molecule has 8 nitrogen and oxygen atoms in total. The first-order valence-corrected chi connectivity index (χ1v) is 10.6. The molecule has 3 rings (SSSR count). The molecule has 1 fully saturated rings. The van der Waals surface area contributed by atoms with Gasteiger partial charge in [0.25, 0.3) is 0 Å². The average Bonchev–Trinajstić information content (AvgIpc) is 3.50. The molecule has 0 spiro atoms. The summed E-state index contributed by atoms with van der Waals surface area (Å²) >= 11 is 2.63. The smallest absolute Gasteiger partial charge is 1.00 e. The van der Waals surface area contributed by atoms with Crippen molar-refractivity contribution in [1.29, 1.82) is 0 Å². The molecular formula is C20H31BNaO8S2. The minimum atomic E-state index is -0.352. The van der Waals surface area contributed by atoms with Gasteiger partial charge in [0, 0.05) is 31.9 Å². The van der Waals surface area contributed by atoms with E-state index in [1.54, 1.807) is 25.3 Å². The van der Waals surface area contributed by atoms with Gasteiger partial charge in [0.05, 0.1) is 33.5 Å². The first-order valence-electron chi connectivity index (χ1n) is 9.00. The van der Waals surface area contributed by atoms with Crippen LogP contribution in [0.1, 0.15) is 50.3 Å². The molecule has 3 radical (unpaired) electrons. The van der Waals surface area contributed by atoms with E-state index in [1.165, 1.54) is 49.7 Å². The summed E-state index contributed by atoms with van der Waals surface area (Å²) < 4.78 is 19.1. The van der Waals surface area contributed by atoms with Gasteiger partial charge in [0.2, 0.25) is 0 Å². The normalized spacial score (nSPS) is 13.5. The fourth-order valence-electron chi connectivity index (χ4n) is 2.22. The molecule has 2 aromatic heterocycles. The van der Waals surface area contributed by atoms with Gasteiger partial charge in [0.15, 0.2) is 0 Å². The van der Waals surface area contributed by atoms with Gasteiger partial charge in [-0.25, -0.2) is 9.59 Å². The molecule has 0 bridgehead atoms. The van der Waals surface area contributed by atoms with E-state index < -0.39 is 0 Å². The molecule has 1 atom stereocenters. The molecule has 3 heterocycles. The van der Waals surface area contributed by atoms with E-state index in [-0.39, 0.29) is 63.4 Å². The van der Waals surface area contributed by atoms with E-state index >= 15 is 0 Å². The molecular weight excluding hydrogens is 466 g/mol. The van der Waals surface area contributed by atoms with Crippen molar-refractivity contribution in [2.75, 3.05) is 27.9 Å². The molecule has 0 aliphatic carbocycles. The fraction of sp³-hybridized carbons (Fsp3) is 0.500. The summed E-state index contributed by atoms with van der Waals surface area (Å²) in [5.41, 5.74) is 0. The molecule has 0 aromatic carbocycles. The maximum atomic E-state index is 11.0. The second-order valence-electron chi connectivity index (χ2n) is 5.93. The summed E-state index contributed by atoms with van der Waals surface area (Å²) in [4.78, 5) is 24.8. The minimum Gasteiger partial charge on any atom is -1.00 e. The first kappa shape index (κ1) is 35.8. The Balaban J connectivity index is -0.000000188. The zero-order chi connectivity index (χ0) is 21.6. The second kappa shape index (κ2) is 20.8. The monoisotopic (exact) mass is 497 g/mol. The molecule has 0 amide bonds. The quantitative estimate of drug-likeness (QED) is 0.449. The number of aliphatic hydroxyl groups is 1. The van der Waals surface area contributed by atoms with Crippen LogP contribution in [-0.4, -0.2) is 65.0 Å². The Kier molecular flexibility index (Phi) is 23.3. The van der Waals surface area contributed by atoms with E-state index in [0.29, 0.717) is 22.5 Å². The van der Waals surface area contributed by atoms with E-state index in [4.69, 9.17) is 14.6 Å². The van der Waals surface area contributed by atoms with Crippen molar-refractivity contribution in [1.82, 2.24) is 0 Å². The van der Waals surface area contributed by atoms with Crippen molar-refractivity contribution < 1.29 is 70.1 Å². The summed E-state index contributed by atoms with van der Waals surface area (Å²) in [7, 11) is 4.33. The summed E-state index contributed by atoms with van der Waals surface area (Å²) in [5, 5.41) is 8.66. The maximum Gasteiger partial charge on any atom is 1.00 e. The van der Waals surface area contributed by atoms with Gasteiger partial charge < -0.3 is 31.0 Å². The van der Waals surface area contributed by atoms with Crippen LogP contribution in [-0.2, 0) is 32.2 Å². The maximum absolute atomic E-state index is 11.0. The molecule has 175 valence electrons. The van der Waals surface area contributed by atoms with Crippen molar-refractivity contribution in [3.63, 3.8) is 0 Å². The first-order chi connectivity index (χ1) is 13.9. The van der Waals surface area contributed by atoms with Crippen LogP contribution in [0.25, 0.3) is 0 Å². The number of hydrogen-bond acceptors (Lipinski definition) is 9. The van der Waals surface area contributed by atoms with E-state index in [9.17, 15) is 9.59 Å². The molecule has 2 aromatic rings. The zero-order valence-electron chi connectivity index (χ0n) is 20.2. The second-order valence-corrected chi connectivity index (χ2v) is 8.27. The van der Waals surface area contributed by atoms with Crippen LogP contribution in [0.4, 0.5) is 0 Å². The van der Waals surface area contributed by atoms with Crippen molar-refractivity contribution in [2.24, 2.45) is 0 Å². The van der Waals surface area contributed by atoms with Gasteiger partial charge in [-0.05, 0) is 44.0 Å². The zero-order valence-corrected chi connectivity index (χ0v) is 22.8. The number of ether oxygens (including phenoxy) is 4. The molecule has 1 aliphatic rings. The largest absolute Gasteiger partial charge is 1.00 e. The molecule has 32 heavy (non-hydrogen) atoms.